The average Bonchev–Trinajstić information content (AvgIpc) is 3.11. The molecular weight excluding hydrogens is 428 g/mol. The van der Waals surface area contributed by atoms with Crippen molar-refractivity contribution in [3.05, 3.63) is 70.9 Å². The lowest BCUT2D eigenvalue weighted by atomic mass is 9.86. The number of rotatable bonds is 7. The number of benzene rings is 2. The van der Waals surface area contributed by atoms with E-state index in [2.05, 4.69) is 31.1 Å². The molecule has 3 rings (SSSR count). The zero-order valence-corrected chi connectivity index (χ0v) is 21.0. The molecule has 0 saturated carbocycles. The van der Waals surface area contributed by atoms with Gasteiger partial charge in [0.15, 0.2) is 6.10 Å². The monoisotopic (exact) mass is 462 g/mol. The van der Waals surface area contributed by atoms with E-state index in [1.807, 2.05) is 57.2 Å². The number of ketones is 1. The summed E-state index contributed by atoms with van der Waals surface area (Å²) >= 11 is 0. The Morgan fingerprint density at radius 3 is 2.15 bits per heavy atom. The van der Waals surface area contributed by atoms with Crippen LogP contribution in [-0.2, 0) is 14.9 Å². The number of aromatic amines is 1. The molecule has 34 heavy (non-hydrogen) atoms. The molecule has 0 aliphatic heterocycles. The maximum Gasteiger partial charge on any atom is 0.329 e. The standard InChI is InChI=1S/C28H34N2O4/c1-16(2)24(30-26(32)19-12-14-20(15-13-19)28(5,6)7)27(33)34-18(4)25(31)23-17(3)29-22-11-9-8-10-21(22)23/h8-16,18,24,29H,1-7H3,(H,30,32)/t18-,24-/m0/s1. The smallest absolute Gasteiger partial charge is 0.329 e. The molecule has 2 N–H and O–H groups in total. The lowest BCUT2D eigenvalue weighted by molar-refractivity contribution is -0.149. The van der Waals surface area contributed by atoms with Gasteiger partial charge < -0.3 is 15.0 Å². The Morgan fingerprint density at radius 1 is 0.941 bits per heavy atom. The normalized spacial score (nSPS) is 13.5. The van der Waals surface area contributed by atoms with Crippen LogP contribution in [0.3, 0.4) is 0 Å². The van der Waals surface area contributed by atoms with Crippen LogP contribution in [0.4, 0.5) is 0 Å². The molecule has 0 unspecified atom stereocenters. The van der Waals surface area contributed by atoms with Gasteiger partial charge in [0.25, 0.3) is 5.91 Å². The summed E-state index contributed by atoms with van der Waals surface area (Å²) in [5, 5.41) is 3.57. The van der Waals surface area contributed by atoms with Crippen LogP contribution < -0.4 is 5.32 Å². The Hall–Kier alpha value is -3.41. The van der Waals surface area contributed by atoms with Crippen LogP contribution in [0.25, 0.3) is 10.9 Å². The Balaban J connectivity index is 1.72. The lowest BCUT2D eigenvalue weighted by Crippen LogP contribution is -2.46. The fraction of sp³-hybridized carbons (Fsp3) is 0.393. The van der Waals surface area contributed by atoms with Crippen LogP contribution in [0.1, 0.15) is 73.5 Å². The number of fused-ring (bicyclic) bond motifs is 1. The summed E-state index contributed by atoms with van der Waals surface area (Å²) in [6.07, 6.45) is -0.991. The van der Waals surface area contributed by atoms with Gasteiger partial charge in [-0.2, -0.15) is 0 Å². The highest BCUT2D eigenvalue weighted by Gasteiger charge is 2.31. The van der Waals surface area contributed by atoms with Crippen LogP contribution in [-0.4, -0.2) is 34.8 Å². The largest absolute Gasteiger partial charge is 0.453 e. The highest BCUT2D eigenvalue weighted by molar-refractivity contribution is 6.11. The van der Waals surface area contributed by atoms with Crippen molar-refractivity contribution in [3.63, 3.8) is 0 Å². The fourth-order valence-electron chi connectivity index (χ4n) is 3.94. The number of H-pyrrole nitrogens is 1. The minimum Gasteiger partial charge on any atom is -0.453 e. The van der Waals surface area contributed by atoms with E-state index in [9.17, 15) is 14.4 Å². The van der Waals surface area contributed by atoms with Gasteiger partial charge in [0, 0.05) is 27.7 Å². The van der Waals surface area contributed by atoms with E-state index in [0.29, 0.717) is 11.1 Å². The molecule has 0 radical (unpaired) electrons. The van der Waals surface area contributed by atoms with Gasteiger partial charge in [0.1, 0.15) is 6.04 Å². The summed E-state index contributed by atoms with van der Waals surface area (Å²) in [5.41, 5.74) is 3.65. The summed E-state index contributed by atoms with van der Waals surface area (Å²) in [5.74, 6) is -1.49. The molecule has 1 amide bonds. The number of carbonyl (C=O) groups is 3. The maximum atomic E-state index is 13.1. The van der Waals surface area contributed by atoms with Crippen molar-refractivity contribution >= 4 is 28.6 Å². The van der Waals surface area contributed by atoms with E-state index in [4.69, 9.17) is 4.74 Å². The first-order valence-electron chi connectivity index (χ1n) is 11.6. The van der Waals surface area contributed by atoms with Gasteiger partial charge in [-0.25, -0.2) is 4.79 Å². The van der Waals surface area contributed by atoms with Crippen molar-refractivity contribution in [3.8, 4) is 0 Å². The lowest BCUT2D eigenvalue weighted by Gasteiger charge is -2.23. The number of hydrogen-bond acceptors (Lipinski definition) is 4. The van der Waals surface area contributed by atoms with Crippen molar-refractivity contribution in [2.45, 2.75) is 66.0 Å². The number of Topliss-reactive ketones (excluding diaryl/α,β-unsaturated/α-hetero) is 1. The molecule has 180 valence electrons. The molecule has 6 nitrogen and oxygen atoms in total. The highest BCUT2D eigenvalue weighted by atomic mass is 16.5. The van der Waals surface area contributed by atoms with E-state index in [-0.39, 0.29) is 23.0 Å². The summed E-state index contributed by atoms with van der Waals surface area (Å²) in [6, 6.07) is 14.0. The molecule has 1 aromatic heterocycles. The summed E-state index contributed by atoms with van der Waals surface area (Å²) in [4.78, 5) is 42.1. The Bertz CT molecular complexity index is 1200. The van der Waals surface area contributed by atoms with Crippen molar-refractivity contribution < 1.29 is 19.1 Å². The average molecular weight is 463 g/mol. The SMILES string of the molecule is Cc1[nH]c2ccccc2c1C(=O)[C@H](C)OC(=O)[C@@H](NC(=O)c1ccc(C(C)(C)C)cc1)C(C)C. The van der Waals surface area contributed by atoms with Gasteiger partial charge in [-0.1, -0.05) is 65.0 Å². The van der Waals surface area contributed by atoms with Gasteiger partial charge >= 0.3 is 5.97 Å². The first-order valence-corrected chi connectivity index (χ1v) is 11.6. The van der Waals surface area contributed by atoms with Gasteiger partial charge in [0.05, 0.1) is 0 Å². The van der Waals surface area contributed by atoms with Gasteiger partial charge in [0.2, 0.25) is 5.78 Å². The molecule has 0 fully saturated rings. The minimum atomic E-state index is -0.991. The zero-order valence-electron chi connectivity index (χ0n) is 21.0. The first-order chi connectivity index (χ1) is 15.9. The second kappa shape index (κ2) is 9.84. The van der Waals surface area contributed by atoms with Crippen molar-refractivity contribution in [1.29, 1.82) is 0 Å². The van der Waals surface area contributed by atoms with Crippen LogP contribution in [0.2, 0.25) is 0 Å². The van der Waals surface area contributed by atoms with Crippen LogP contribution in [0, 0.1) is 12.8 Å². The van der Waals surface area contributed by atoms with Crippen LogP contribution >= 0.6 is 0 Å². The van der Waals surface area contributed by atoms with E-state index in [1.165, 1.54) is 0 Å². The Kier molecular flexibility index (Phi) is 7.29. The molecule has 0 spiro atoms. The minimum absolute atomic E-state index is 0.0227. The van der Waals surface area contributed by atoms with Gasteiger partial charge in [-0.05, 0) is 48.9 Å². The molecule has 1 heterocycles. The molecule has 3 aromatic rings. The van der Waals surface area contributed by atoms with E-state index in [1.54, 1.807) is 19.1 Å². The maximum absolute atomic E-state index is 13.1. The molecule has 2 atom stereocenters. The molecule has 0 saturated heterocycles. The molecule has 0 aliphatic rings. The number of hydrogen-bond donors (Lipinski definition) is 2. The number of nitrogens with one attached hydrogen (secondary N) is 2. The number of carbonyl (C=O) groups excluding carboxylic acids is 3. The number of para-hydroxylation sites is 1. The predicted molar refractivity (Wildman–Crippen MR) is 134 cm³/mol. The summed E-state index contributed by atoms with van der Waals surface area (Å²) in [7, 11) is 0. The van der Waals surface area contributed by atoms with Gasteiger partial charge in [-0.15, -0.1) is 0 Å². The third-order valence-corrected chi connectivity index (χ3v) is 6.02. The van der Waals surface area contributed by atoms with Crippen molar-refractivity contribution in [2.24, 2.45) is 5.92 Å². The fourth-order valence-corrected chi connectivity index (χ4v) is 3.94. The third kappa shape index (κ3) is 5.38. The predicted octanol–water partition coefficient (Wildman–Crippen LogP) is 5.34. The highest BCUT2D eigenvalue weighted by Crippen LogP contribution is 2.25. The molecule has 6 heteroatoms. The second-order valence-corrected chi connectivity index (χ2v) is 10.1. The number of aromatic nitrogens is 1. The van der Waals surface area contributed by atoms with Crippen molar-refractivity contribution in [2.75, 3.05) is 0 Å². The topological polar surface area (TPSA) is 88.3 Å². The van der Waals surface area contributed by atoms with Crippen molar-refractivity contribution in [1.82, 2.24) is 10.3 Å². The quantitative estimate of drug-likeness (QED) is 0.366. The van der Waals surface area contributed by atoms with E-state index >= 15 is 0 Å². The summed E-state index contributed by atoms with van der Waals surface area (Å²) < 4.78 is 5.55. The van der Waals surface area contributed by atoms with Crippen LogP contribution in [0.15, 0.2) is 48.5 Å². The number of aryl methyl sites for hydroxylation is 1. The first kappa shape index (κ1) is 25.2. The molecule has 0 bridgehead atoms. The third-order valence-electron chi connectivity index (χ3n) is 6.02. The number of ether oxygens (including phenoxy) is 1. The van der Waals surface area contributed by atoms with E-state index < -0.39 is 18.1 Å². The van der Waals surface area contributed by atoms with E-state index in [0.717, 1.165) is 22.2 Å². The number of amides is 1. The summed E-state index contributed by atoms with van der Waals surface area (Å²) in [6.45, 7) is 13.3. The Morgan fingerprint density at radius 2 is 1.56 bits per heavy atom. The second-order valence-electron chi connectivity index (χ2n) is 10.1. The number of esters is 1. The molecule has 0 aliphatic carbocycles. The van der Waals surface area contributed by atoms with Crippen LogP contribution in [0.5, 0.6) is 0 Å². The van der Waals surface area contributed by atoms with Gasteiger partial charge in [-0.3, -0.25) is 9.59 Å². The zero-order chi connectivity index (χ0) is 25.2. The molecular formula is C28H34N2O4. The Labute approximate surface area is 201 Å². The molecule has 2 aromatic carbocycles.